The van der Waals surface area contributed by atoms with Gasteiger partial charge in [0, 0.05) is 16.9 Å². The molecular formula is C22H17FN4O2. The predicted octanol–water partition coefficient (Wildman–Crippen LogP) is 4.75. The molecule has 0 spiro atoms. The Morgan fingerprint density at radius 3 is 2.69 bits per heavy atom. The minimum atomic E-state index is -0.578. The fraction of sp³-hybridized carbons (Fsp3) is 0.0909. The molecule has 0 radical (unpaired) electrons. The Labute approximate surface area is 166 Å². The number of nitrogens with one attached hydrogen (secondary N) is 1. The number of nitrogens with zero attached hydrogens (tertiary/aromatic N) is 3. The topological polar surface area (TPSA) is 80.9 Å². The minimum Gasteiger partial charge on any atom is -0.332 e. The Kier molecular flexibility index (Phi) is 5.11. The molecule has 0 aliphatic heterocycles. The summed E-state index contributed by atoms with van der Waals surface area (Å²) in [6, 6.07) is 18.4. The summed E-state index contributed by atoms with van der Waals surface area (Å²) in [5.74, 6) is -0.429. The van der Waals surface area contributed by atoms with Crippen LogP contribution in [-0.4, -0.2) is 21.0 Å². The van der Waals surface area contributed by atoms with Crippen molar-refractivity contribution in [3.63, 3.8) is 0 Å². The first-order valence-electron chi connectivity index (χ1n) is 9.10. The molecular weight excluding hydrogens is 371 g/mol. The molecule has 2 aromatic carbocycles. The van der Waals surface area contributed by atoms with Crippen molar-refractivity contribution < 1.29 is 13.7 Å². The summed E-state index contributed by atoms with van der Waals surface area (Å²) in [6.07, 6.45) is 0.804. The van der Waals surface area contributed by atoms with Crippen molar-refractivity contribution in [1.82, 2.24) is 15.1 Å². The third-order valence-corrected chi connectivity index (χ3v) is 4.31. The summed E-state index contributed by atoms with van der Waals surface area (Å²) in [7, 11) is 0. The molecule has 7 heteroatoms. The Morgan fingerprint density at radius 2 is 1.86 bits per heavy atom. The zero-order valence-electron chi connectivity index (χ0n) is 15.6. The summed E-state index contributed by atoms with van der Waals surface area (Å²) < 4.78 is 19.2. The number of anilines is 1. The lowest BCUT2D eigenvalue weighted by Gasteiger charge is -2.07. The van der Waals surface area contributed by atoms with E-state index in [1.165, 1.54) is 18.2 Å². The van der Waals surface area contributed by atoms with Crippen LogP contribution < -0.4 is 5.32 Å². The normalized spacial score (nSPS) is 10.7. The van der Waals surface area contributed by atoms with Crippen LogP contribution in [-0.2, 0) is 6.42 Å². The van der Waals surface area contributed by atoms with Gasteiger partial charge in [-0.25, -0.2) is 9.37 Å². The quantitative estimate of drug-likeness (QED) is 0.533. The van der Waals surface area contributed by atoms with Gasteiger partial charge in [0.1, 0.15) is 11.5 Å². The van der Waals surface area contributed by atoms with Crippen LogP contribution in [0.25, 0.3) is 23.0 Å². The van der Waals surface area contributed by atoms with E-state index >= 15 is 0 Å². The SMILES string of the molecule is CCc1cccc(-c2nc(-c3cccc(NC(=O)c4ccccc4F)c3)no2)n1. The predicted molar refractivity (Wildman–Crippen MR) is 107 cm³/mol. The molecule has 2 heterocycles. The zero-order chi connectivity index (χ0) is 20.2. The van der Waals surface area contributed by atoms with Crippen molar-refractivity contribution in [3.05, 3.63) is 83.8 Å². The molecule has 1 N–H and O–H groups in total. The van der Waals surface area contributed by atoms with Gasteiger partial charge in [-0.3, -0.25) is 4.79 Å². The lowest BCUT2D eigenvalue weighted by molar-refractivity contribution is 0.102. The minimum absolute atomic E-state index is 0.0263. The van der Waals surface area contributed by atoms with Crippen LogP contribution in [0.3, 0.4) is 0 Å². The fourth-order valence-electron chi connectivity index (χ4n) is 2.82. The molecule has 0 saturated heterocycles. The molecule has 0 aliphatic rings. The molecule has 4 aromatic rings. The van der Waals surface area contributed by atoms with E-state index in [-0.39, 0.29) is 5.56 Å². The number of hydrogen-bond donors (Lipinski definition) is 1. The average molecular weight is 388 g/mol. The number of hydrogen-bond acceptors (Lipinski definition) is 5. The van der Waals surface area contributed by atoms with Crippen molar-refractivity contribution in [1.29, 1.82) is 0 Å². The van der Waals surface area contributed by atoms with Crippen LogP contribution in [0.4, 0.5) is 10.1 Å². The standard InChI is InChI=1S/C22H17FN4O2/c1-2-15-8-6-12-19(24-15)22-26-20(27-29-22)14-7-5-9-16(13-14)25-21(28)17-10-3-4-11-18(17)23/h3-13H,2H2,1H3,(H,25,28). The van der Waals surface area contributed by atoms with E-state index in [0.29, 0.717) is 28.7 Å². The molecule has 2 aromatic heterocycles. The second-order valence-corrected chi connectivity index (χ2v) is 6.31. The molecule has 29 heavy (non-hydrogen) atoms. The first-order valence-corrected chi connectivity index (χ1v) is 9.10. The molecule has 0 fully saturated rings. The van der Waals surface area contributed by atoms with Crippen molar-refractivity contribution in [2.24, 2.45) is 0 Å². The molecule has 0 bridgehead atoms. The van der Waals surface area contributed by atoms with E-state index in [0.717, 1.165) is 12.1 Å². The van der Waals surface area contributed by atoms with Crippen LogP contribution in [0.15, 0.2) is 71.3 Å². The lowest BCUT2D eigenvalue weighted by atomic mass is 10.1. The van der Waals surface area contributed by atoms with Crippen molar-refractivity contribution >= 4 is 11.6 Å². The van der Waals surface area contributed by atoms with E-state index < -0.39 is 11.7 Å². The zero-order valence-corrected chi connectivity index (χ0v) is 15.6. The molecule has 4 rings (SSSR count). The lowest BCUT2D eigenvalue weighted by Crippen LogP contribution is -2.13. The monoisotopic (exact) mass is 388 g/mol. The molecule has 144 valence electrons. The molecule has 0 saturated carbocycles. The first kappa shape index (κ1) is 18.5. The van der Waals surface area contributed by atoms with Gasteiger partial charge in [-0.15, -0.1) is 0 Å². The number of halogens is 1. The maximum Gasteiger partial charge on any atom is 0.276 e. The number of benzene rings is 2. The van der Waals surface area contributed by atoms with Gasteiger partial charge >= 0.3 is 0 Å². The Bertz CT molecular complexity index is 1170. The van der Waals surface area contributed by atoms with E-state index in [1.54, 1.807) is 30.3 Å². The van der Waals surface area contributed by atoms with E-state index in [2.05, 4.69) is 20.4 Å². The summed E-state index contributed by atoms with van der Waals surface area (Å²) in [5, 5.41) is 6.70. The van der Waals surface area contributed by atoms with Crippen molar-refractivity contribution in [3.8, 4) is 23.0 Å². The van der Waals surface area contributed by atoms with Gasteiger partial charge in [0.05, 0.1) is 5.56 Å². The maximum atomic E-state index is 13.8. The fourth-order valence-corrected chi connectivity index (χ4v) is 2.82. The van der Waals surface area contributed by atoms with Gasteiger partial charge in [0.25, 0.3) is 11.8 Å². The molecule has 6 nitrogen and oxygen atoms in total. The van der Waals surface area contributed by atoms with Gasteiger partial charge in [-0.1, -0.05) is 42.4 Å². The first-order chi connectivity index (χ1) is 14.1. The smallest absolute Gasteiger partial charge is 0.276 e. The number of aromatic nitrogens is 3. The highest BCUT2D eigenvalue weighted by molar-refractivity contribution is 6.04. The van der Waals surface area contributed by atoms with E-state index in [4.69, 9.17) is 4.52 Å². The van der Waals surface area contributed by atoms with Gasteiger partial charge < -0.3 is 9.84 Å². The highest BCUT2D eigenvalue weighted by Gasteiger charge is 2.14. The van der Waals surface area contributed by atoms with Crippen LogP contribution >= 0.6 is 0 Å². The summed E-state index contributed by atoms with van der Waals surface area (Å²) in [5.41, 5.74) is 2.65. The third-order valence-electron chi connectivity index (χ3n) is 4.31. The van der Waals surface area contributed by atoms with Crippen molar-refractivity contribution in [2.75, 3.05) is 5.32 Å². The highest BCUT2D eigenvalue weighted by Crippen LogP contribution is 2.24. The second kappa shape index (κ2) is 8.02. The number of carbonyl (C=O) groups is 1. The van der Waals surface area contributed by atoms with Crippen LogP contribution in [0.2, 0.25) is 0 Å². The van der Waals surface area contributed by atoms with Crippen LogP contribution in [0, 0.1) is 5.82 Å². The second-order valence-electron chi connectivity index (χ2n) is 6.31. The number of pyridine rings is 1. The Balaban J connectivity index is 1.57. The van der Waals surface area contributed by atoms with Gasteiger partial charge in [-0.05, 0) is 42.8 Å². The summed E-state index contributed by atoms with van der Waals surface area (Å²) in [4.78, 5) is 21.2. The Hall–Kier alpha value is -3.87. The van der Waals surface area contributed by atoms with Gasteiger partial charge in [0.15, 0.2) is 0 Å². The van der Waals surface area contributed by atoms with Crippen molar-refractivity contribution in [2.45, 2.75) is 13.3 Å². The Morgan fingerprint density at radius 1 is 1.03 bits per heavy atom. The number of rotatable bonds is 5. The highest BCUT2D eigenvalue weighted by atomic mass is 19.1. The molecule has 1 amide bonds. The average Bonchev–Trinajstić information content (AvgIpc) is 3.25. The molecule has 0 unspecified atom stereocenters. The van der Waals surface area contributed by atoms with Crippen LogP contribution in [0.5, 0.6) is 0 Å². The molecule has 0 atom stereocenters. The van der Waals surface area contributed by atoms with E-state index in [1.807, 2.05) is 25.1 Å². The van der Waals surface area contributed by atoms with Gasteiger partial charge in [-0.2, -0.15) is 4.98 Å². The van der Waals surface area contributed by atoms with Crippen LogP contribution in [0.1, 0.15) is 23.0 Å². The molecule has 0 aliphatic carbocycles. The largest absolute Gasteiger partial charge is 0.332 e. The number of aryl methyl sites for hydroxylation is 1. The van der Waals surface area contributed by atoms with E-state index in [9.17, 15) is 9.18 Å². The summed E-state index contributed by atoms with van der Waals surface area (Å²) in [6.45, 7) is 2.02. The van der Waals surface area contributed by atoms with Gasteiger partial charge in [0.2, 0.25) is 5.82 Å². The maximum absolute atomic E-state index is 13.8. The number of carbonyl (C=O) groups excluding carboxylic acids is 1. The number of amides is 1. The summed E-state index contributed by atoms with van der Waals surface area (Å²) >= 11 is 0. The third kappa shape index (κ3) is 4.03.